The molecular weight excluding hydrogens is 741 g/mol. The van der Waals surface area contributed by atoms with Gasteiger partial charge in [0.2, 0.25) is 17.7 Å². The Morgan fingerprint density at radius 2 is 1.78 bits per heavy atom. The predicted molar refractivity (Wildman–Crippen MR) is 210 cm³/mol. The summed E-state index contributed by atoms with van der Waals surface area (Å²) in [6.45, 7) is 3.88. The zero-order chi connectivity index (χ0) is 39.7. The van der Waals surface area contributed by atoms with E-state index in [4.69, 9.17) is 28.3 Å². The number of rotatable bonds is 4. The summed E-state index contributed by atoms with van der Waals surface area (Å²) in [6.07, 6.45) is 4.25. The molecule has 7 heterocycles. The highest BCUT2D eigenvalue weighted by Crippen LogP contribution is 2.61. The van der Waals surface area contributed by atoms with Crippen molar-refractivity contribution in [2.24, 2.45) is 5.92 Å². The molecule has 1 spiro atoms. The number of anilines is 1. The van der Waals surface area contributed by atoms with Gasteiger partial charge in [0.25, 0.3) is 5.91 Å². The third-order valence-corrected chi connectivity index (χ3v) is 12.7. The van der Waals surface area contributed by atoms with Crippen LogP contribution in [0.4, 0.5) is 5.69 Å². The number of carbonyl (C=O) groups is 3. The molecule has 1 fully saturated rings. The lowest BCUT2D eigenvalue weighted by Gasteiger charge is -2.33. The molecule has 14 nitrogen and oxygen atoms in total. The second kappa shape index (κ2) is 12.3. The molecule has 4 atom stereocenters. The number of amides is 2. The minimum Gasteiger partial charge on any atom is -0.469 e. The van der Waals surface area contributed by atoms with Crippen LogP contribution in [0.5, 0.6) is 5.75 Å². The number of ether oxygens (including phenoxy) is 2. The summed E-state index contributed by atoms with van der Waals surface area (Å²) in [5, 5.41) is 22.0. The normalized spacial score (nSPS) is 23.2. The lowest BCUT2D eigenvalue weighted by atomic mass is 9.72. The topological polar surface area (TPSA) is 194 Å². The number of hydrogen-bond donors (Lipinski definition) is 5. The van der Waals surface area contributed by atoms with Crippen LogP contribution in [-0.4, -0.2) is 62.8 Å². The molecule has 0 radical (unpaired) electrons. The van der Waals surface area contributed by atoms with Crippen molar-refractivity contribution in [3.63, 3.8) is 0 Å². The van der Waals surface area contributed by atoms with Gasteiger partial charge in [-0.25, -0.2) is 9.78 Å². The SMILES string of the molecule is COC(=O)c1nc2oc1-c1c[nH]c3cccc(c13)-c1cccc3c1NC1Oc4ccc5cc4[C@]31c1oc(nc1-2)[C@H](C(C)C)NC(=O)[C@@H](NC(=O)C1(O)CCCCC1)C5. The number of carbonyl (C=O) groups excluding carboxylic acids is 3. The first-order valence-corrected chi connectivity index (χ1v) is 19.8. The predicted octanol–water partition coefficient (Wildman–Crippen LogP) is 6.27. The van der Waals surface area contributed by atoms with Gasteiger partial charge in [0, 0.05) is 51.5 Å². The number of benzene rings is 3. The molecule has 0 saturated heterocycles. The maximum Gasteiger partial charge on any atom is 0.360 e. The van der Waals surface area contributed by atoms with Crippen molar-refractivity contribution in [1.82, 2.24) is 25.6 Å². The van der Waals surface area contributed by atoms with Crippen molar-refractivity contribution in [2.75, 3.05) is 12.4 Å². The number of nitrogens with one attached hydrogen (secondary N) is 4. The molecule has 3 aromatic carbocycles. The molecule has 294 valence electrons. The van der Waals surface area contributed by atoms with Crippen LogP contribution in [0.1, 0.15) is 90.8 Å². The number of fused-ring (bicyclic) bond motifs is 7. The van der Waals surface area contributed by atoms with E-state index in [1.807, 2.05) is 62.4 Å². The lowest BCUT2D eigenvalue weighted by Crippen LogP contribution is -2.56. The van der Waals surface area contributed by atoms with Crippen molar-refractivity contribution in [3.8, 4) is 39.8 Å². The van der Waals surface area contributed by atoms with Gasteiger partial charge >= 0.3 is 5.97 Å². The summed E-state index contributed by atoms with van der Waals surface area (Å²) in [6, 6.07) is 16.0. The lowest BCUT2D eigenvalue weighted by molar-refractivity contribution is -0.145. The van der Waals surface area contributed by atoms with Gasteiger partial charge in [0.1, 0.15) is 28.8 Å². The van der Waals surface area contributed by atoms with E-state index < -0.39 is 47.1 Å². The fraction of sp³-hybridized carbons (Fsp3) is 0.341. The molecule has 4 aliphatic heterocycles. The number of esters is 1. The third kappa shape index (κ3) is 4.71. The van der Waals surface area contributed by atoms with Crippen LogP contribution in [0.25, 0.3) is 44.9 Å². The smallest absolute Gasteiger partial charge is 0.360 e. The zero-order valence-electron chi connectivity index (χ0n) is 32.0. The van der Waals surface area contributed by atoms with Crippen LogP contribution >= 0.6 is 0 Å². The largest absolute Gasteiger partial charge is 0.469 e. The molecular formula is C44H40N6O8. The summed E-state index contributed by atoms with van der Waals surface area (Å²) in [5.41, 5.74) is 3.83. The first kappa shape index (κ1) is 34.8. The maximum atomic E-state index is 14.4. The Bertz CT molecular complexity index is 2740. The molecule has 1 unspecified atom stereocenters. The van der Waals surface area contributed by atoms with E-state index in [0.717, 1.165) is 63.7 Å². The number of methoxy groups -OCH3 is 1. The molecule has 1 aliphatic carbocycles. The number of para-hydroxylation sites is 1. The highest BCUT2D eigenvalue weighted by molar-refractivity contribution is 6.10. The Morgan fingerprint density at radius 1 is 0.966 bits per heavy atom. The van der Waals surface area contributed by atoms with Crippen LogP contribution in [0.15, 0.2) is 69.6 Å². The second-order valence-corrected chi connectivity index (χ2v) is 16.4. The molecule has 58 heavy (non-hydrogen) atoms. The Hall–Kier alpha value is -6.41. The van der Waals surface area contributed by atoms with E-state index in [-0.39, 0.29) is 41.3 Å². The van der Waals surface area contributed by atoms with Crippen LogP contribution in [-0.2, 0) is 26.2 Å². The van der Waals surface area contributed by atoms with Crippen LogP contribution < -0.4 is 20.7 Å². The van der Waals surface area contributed by atoms with Crippen molar-refractivity contribution in [3.05, 3.63) is 94.8 Å². The van der Waals surface area contributed by atoms with E-state index >= 15 is 0 Å². The summed E-state index contributed by atoms with van der Waals surface area (Å²) in [7, 11) is 1.29. The minimum absolute atomic E-state index is 0.0182. The van der Waals surface area contributed by atoms with Gasteiger partial charge in [0.05, 0.1) is 7.11 Å². The summed E-state index contributed by atoms with van der Waals surface area (Å²) < 4.78 is 25.8. The molecule has 14 heteroatoms. The minimum atomic E-state index is -1.56. The standard InChI is InChI=1S/C44H40N6O8/c1-20(2)31-38-49-34-36(58-38)44-25-11-7-10-23(22-9-8-12-27-30(22)24(19-45-27)35-33(40(52)55-3)48-39(34)57-35)32(25)50-42(44)56-29-14-13-21(17-26(29)44)18-28(37(51)47-31)46-41(53)43(54)15-5-4-6-16-43/h7-14,17,19-20,28,31,42,45,50,54H,4-6,15-16,18H2,1-3H3,(H,46,53)(H,47,51)/t28-,31-,42?,44-/m0/s1. The van der Waals surface area contributed by atoms with Crippen molar-refractivity contribution >= 4 is 34.4 Å². The maximum absolute atomic E-state index is 14.4. The molecule has 2 amide bonds. The van der Waals surface area contributed by atoms with E-state index in [1.54, 1.807) is 6.20 Å². The quantitative estimate of drug-likeness (QED) is 0.127. The first-order valence-electron chi connectivity index (χ1n) is 19.8. The summed E-state index contributed by atoms with van der Waals surface area (Å²) >= 11 is 0. The van der Waals surface area contributed by atoms with Gasteiger partial charge in [-0.1, -0.05) is 75.6 Å². The molecule has 1 saturated carbocycles. The Balaban J connectivity index is 1.20. The van der Waals surface area contributed by atoms with Crippen LogP contribution in [0.3, 0.4) is 0 Å². The zero-order valence-corrected chi connectivity index (χ0v) is 32.0. The Kier molecular flexibility index (Phi) is 7.38. The Morgan fingerprint density at radius 3 is 2.59 bits per heavy atom. The van der Waals surface area contributed by atoms with E-state index in [1.165, 1.54) is 7.11 Å². The highest BCUT2D eigenvalue weighted by atomic mass is 16.5. The van der Waals surface area contributed by atoms with E-state index in [0.29, 0.717) is 29.9 Å². The van der Waals surface area contributed by atoms with Gasteiger partial charge in [-0.3, -0.25) is 9.59 Å². The van der Waals surface area contributed by atoms with Crippen LogP contribution in [0, 0.1) is 5.92 Å². The Labute approximate surface area is 331 Å². The molecule has 10 bridgehead atoms. The molecule has 3 aromatic heterocycles. The number of nitrogens with zero attached hydrogens (tertiary/aromatic N) is 2. The summed E-state index contributed by atoms with van der Waals surface area (Å²) in [4.78, 5) is 55.0. The summed E-state index contributed by atoms with van der Waals surface area (Å²) in [5.74, 6) is -0.622. The molecule has 5 N–H and O–H groups in total. The van der Waals surface area contributed by atoms with Crippen molar-refractivity contribution in [2.45, 2.75) is 81.7 Å². The molecule has 5 aliphatic rings. The fourth-order valence-electron chi connectivity index (χ4n) is 9.83. The average molecular weight is 781 g/mol. The number of aromatic nitrogens is 3. The monoisotopic (exact) mass is 780 g/mol. The number of H-pyrrole nitrogens is 1. The number of aromatic amines is 1. The van der Waals surface area contributed by atoms with E-state index in [2.05, 4.69) is 27.0 Å². The van der Waals surface area contributed by atoms with E-state index in [9.17, 15) is 19.5 Å². The van der Waals surface area contributed by atoms with Crippen LogP contribution in [0.2, 0.25) is 0 Å². The fourth-order valence-corrected chi connectivity index (χ4v) is 9.83. The third-order valence-electron chi connectivity index (χ3n) is 12.7. The van der Waals surface area contributed by atoms with Gasteiger partial charge in [-0.2, -0.15) is 4.98 Å². The van der Waals surface area contributed by atoms with Gasteiger partial charge in [0.15, 0.2) is 29.1 Å². The van der Waals surface area contributed by atoms with Crippen molar-refractivity contribution in [1.29, 1.82) is 0 Å². The van der Waals surface area contributed by atoms with Gasteiger partial charge in [-0.05, 0) is 42.0 Å². The number of hydrogen-bond acceptors (Lipinski definition) is 11. The number of aliphatic hydroxyl groups is 1. The average Bonchev–Trinajstić information content (AvgIpc) is 4.05. The second-order valence-electron chi connectivity index (χ2n) is 16.4. The van der Waals surface area contributed by atoms with Gasteiger partial charge < -0.3 is 44.3 Å². The first-order chi connectivity index (χ1) is 28.1. The highest BCUT2D eigenvalue weighted by Gasteiger charge is 2.62. The van der Waals surface area contributed by atoms with Gasteiger partial charge in [-0.15, -0.1) is 0 Å². The van der Waals surface area contributed by atoms with Crippen molar-refractivity contribution < 1.29 is 37.8 Å². The molecule has 6 aromatic rings. The number of oxazole rings is 2. The molecule has 11 rings (SSSR count).